The first-order chi connectivity index (χ1) is 8.38. The molecule has 1 atom stereocenters. The van der Waals surface area contributed by atoms with Crippen molar-refractivity contribution in [1.29, 1.82) is 0 Å². The van der Waals surface area contributed by atoms with E-state index in [2.05, 4.69) is 5.32 Å². The van der Waals surface area contributed by atoms with E-state index in [0.717, 1.165) is 4.90 Å². The van der Waals surface area contributed by atoms with Crippen LogP contribution in [-0.4, -0.2) is 61.3 Å². The van der Waals surface area contributed by atoms with Gasteiger partial charge in [-0.05, 0) is 12.8 Å². The van der Waals surface area contributed by atoms with E-state index in [4.69, 9.17) is 15.6 Å². The van der Waals surface area contributed by atoms with E-state index in [-0.39, 0.29) is 13.0 Å². The number of nitrogens with zero attached hydrogens (tertiary/aromatic N) is 1. The first-order valence-electron chi connectivity index (χ1n) is 5.40. The molecule has 0 aromatic heterocycles. The molecule has 1 unspecified atom stereocenters. The third-order valence-electron chi connectivity index (χ3n) is 2.18. The molecular formula is C10H19N3O5. The lowest BCUT2D eigenvalue weighted by Crippen LogP contribution is -2.48. The number of amides is 3. The van der Waals surface area contributed by atoms with Gasteiger partial charge in [-0.25, -0.2) is 9.59 Å². The van der Waals surface area contributed by atoms with E-state index in [0.29, 0.717) is 13.0 Å². The highest BCUT2D eigenvalue weighted by atomic mass is 16.5. The highest BCUT2D eigenvalue weighted by Crippen LogP contribution is 1.99. The number of primary amides is 1. The molecule has 8 heteroatoms. The van der Waals surface area contributed by atoms with Crippen LogP contribution in [0, 0.1) is 0 Å². The van der Waals surface area contributed by atoms with Crippen LogP contribution >= 0.6 is 0 Å². The second-order valence-corrected chi connectivity index (χ2v) is 3.80. The summed E-state index contributed by atoms with van der Waals surface area (Å²) in [6, 6.07) is -1.67. The number of carboxylic acid groups (broad SMARTS) is 1. The Balaban J connectivity index is 4.26. The number of nitrogens with two attached hydrogens (primary N) is 1. The molecule has 0 heterocycles. The van der Waals surface area contributed by atoms with Gasteiger partial charge in [-0.3, -0.25) is 4.79 Å². The summed E-state index contributed by atoms with van der Waals surface area (Å²) in [5, 5.41) is 11.2. The van der Waals surface area contributed by atoms with Gasteiger partial charge in [-0.2, -0.15) is 0 Å². The van der Waals surface area contributed by atoms with Crippen molar-refractivity contribution in [3.05, 3.63) is 0 Å². The molecule has 0 aromatic carbocycles. The van der Waals surface area contributed by atoms with Crippen LogP contribution in [0.1, 0.15) is 12.8 Å². The number of carbonyl (C=O) groups excluding carboxylic acids is 2. The Morgan fingerprint density at radius 2 is 2.06 bits per heavy atom. The summed E-state index contributed by atoms with van der Waals surface area (Å²) in [5.74, 6) is -1.80. The van der Waals surface area contributed by atoms with Crippen LogP contribution in [0.2, 0.25) is 0 Å². The van der Waals surface area contributed by atoms with Crippen LogP contribution in [0.5, 0.6) is 0 Å². The fraction of sp³-hybridized carbons (Fsp3) is 0.700. The number of hydrogen-bond donors (Lipinski definition) is 3. The van der Waals surface area contributed by atoms with Crippen molar-refractivity contribution in [2.75, 3.05) is 27.3 Å². The minimum Gasteiger partial charge on any atom is -0.480 e. The molecule has 0 rings (SSSR count). The number of likely N-dealkylation sites (N-methyl/N-ethyl adjacent to an activating group) is 1. The van der Waals surface area contributed by atoms with Gasteiger partial charge in [0, 0.05) is 20.8 Å². The molecule has 3 amide bonds. The summed E-state index contributed by atoms with van der Waals surface area (Å²) in [6.45, 7) is 0.146. The normalized spacial score (nSPS) is 11.7. The van der Waals surface area contributed by atoms with Crippen LogP contribution in [0.25, 0.3) is 0 Å². The van der Waals surface area contributed by atoms with E-state index < -0.39 is 23.9 Å². The summed E-state index contributed by atoms with van der Waals surface area (Å²) < 4.78 is 4.80. The predicted octanol–water partition coefficient (Wildman–Crippen LogP) is -1.01. The van der Waals surface area contributed by atoms with Gasteiger partial charge in [0.05, 0.1) is 0 Å². The van der Waals surface area contributed by atoms with Crippen LogP contribution < -0.4 is 11.1 Å². The van der Waals surface area contributed by atoms with E-state index in [1.807, 2.05) is 0 Å². The fourth-order valence-electron chi connectivity index (χ4n) is 1.25. The lowest BCUT2D eigenvalue weighted by atomic mass is 10.1. The van der Waals surface area contributed by atoms with Crippen molar-refractivity contribution >= 4 is 17.9 Å². The molecule has 0 aliphatic heterocycles. The lowest BCUT2D eigenvalue weighted by molar-refractivity contribution is -0.139. The van der Waals surface area contributed by atoms with Crippen molar-refractivity contribution in [2.24, 2.45) is 5.73 Å². The molecule has 0 aliphatic rings. The Bertz CT molecular complexity index is 308. The molecule has 8 nitrogen and oxygen atoms in total. The van der Waals surface area contributed by atoms with Crippen LogP contribution in [0.15, 0.2) is 0 Å². The van der Waals surface area contributed by atoms with Crippen LogP contribution in [0.3, 0.4) is 0 Å². The minimum absolute atomic E-state index is 0.249. The average Bonchev–Trinajstić information content (AvgIpc) is 2.26. The number of rotatable bonds is 8. The standard InChI is InChI=1S/C10H19N3O5/c1-13(6-8(11)14)10(17)12-7(9(15)16)4-3-5-18-2/h7H,3-6H2,1-2H3,(H2,11,14)(H,12,17)(H,15,16). The molecule has 4 N–H and O–H groups in total. The maximum Gasteiger partial charge on any atom is 0.326 e. The zero-order chi connectivity index (χ0) is 14.1. The van der Waals surface area contributed by atoms with Crippen LogP contribution in [0.4, 0.5) is 4.79 Å². The first-order valence-corrected chi connectivity index (χ1v) is 5.40. The van der Waals surface area contributed by atoms with Gasteiger partial charge in [-0.1, -0.05) is 0 Å². The number of nitrogens with one attached hydrogen (secondary N) is 1. The Kier molecular flexibility index (Phi) is 7.45. The molecule has 0 aliphatic carbocycles. The zero-order valence-electron chi connectivity index (χ0n) is 10.5. The summed E-state index contributed by atoms with van der Waals surface area (Å²) in [7, 11) is 2.86. The SMILES string of the molecule is COCCCC(NC(=O)N(C)CC(N)=O)C(=O)O. The molecule has 0 fully saturated rings. The number of ether oxygens (including phenoxy) is 1. The van der Waals surface area contributed by atoms with Gasteiger partial charge < -0.3 is 25.8 Å². The van der Waals surface area contributed by atoms with Crippen molar-refractivity contribution in [1.82, 2.24) is 10.2 Å². The predicted molar refractivity (Wildman–Crippen MR) is 62.9 cm³/mol. The van der Waals surface area contributed by atoms with E-state index in [1.165, 1.54) is 14.2 Å². The van der Waals surface area contributed by atoms with Crippen molar-refractivity contribution in [3.63, 3.8) is 0 Å². The number of hydrogen-bond acceptors (Lipinski definition) is 4. The van der Waals surface area contributed by atoms with E-state index in [1.54, 1.807) is 0 Å². The maximum atomic E-state index is 11.5. The molecule has 0 saturated heterocycles. The van der Waals surface area contributed by atoms with Gasteiger partial charge in [0.1, 0.15) is 12.6 Å². The van der Waals surface area contributed by atoms with Crippen LogP contribution in [-0.2, 0) is 14.3 Å². The lowest BCUT2D eigenvalue weighted by Gasteiger charge is -2.20. The quantitative estimate of drug-likeness (QED) is 0.483. The Labute approximate surface area is 105 Å². The summed E-state index contributed by atoms with van der Waals surface area (Å²) in [5.41, 5.74) is 4.93. The van der Waals surface area contributed by atoms with Gasteiger partial charge >= 0.3 is 12.0 Å². The number of carboxylic acids is 1. The Morgan fingerprint density at radius 3 is 2.50 bits per heavy atom. The molecule has 0 radical (unpaired) electrons. The number of urea groups is 1. The largest absolute Gasteiger partial charge is 0.480 e. The van der Waals surface area contributed by atoms with E-state index >= 15 is 0 Å². The topological polar surface area (TPSA) is 122 Å². The number of aliphatic carboxylic acids is 1. The van der Waals surface area contributed by atoms with E-state index in [9.17, 15) is 14.4 Å². The zero-order valence-corrected chi connectivity index (χ0v) is 10.5. The second-order valence-electron chi connectivity index (χ2n) is 3.80. The summed E-state index contributed by atoms with van der Waals surface area (Å²) >= 11 is 0. The van der Waals surface area contributed by atoms with Crippen molar-refractivity contribution in [3.8, 4) is 0 Å². The van der Waals surface area contributed by atoms with Gasteiger partial charge in [0.15, 0.2) is 0 Å². The highest BCUT2D eigenvalue weighted by molar-refractivity contribution is 5.85. The van der Waals surface area contributed by atoms with Gasteiger partial charge in [0.25, 0.3) is 0 Å². The molecule has 0 spiro atoms. The maximum absolute atomic E-state index is 11.5. The van der Waals surface area contributed by atoms with Gasteiger partial charge in [0.2, 0.25) is 5.91 Å². The number of carbonyl (C=O) groups is 3. The minimum atomic E-state index is -1.13. The number of methoxy groups -OCH3 is 1. The monoisotopic (exact) mass is 261 g/mol. The third-order valence-corrected chi connectivity index (χ3v) is 2.18. The molecule has 18 heavy (non-hydrogen) atoms. The molecule has 0 bridgehead atoms. The second kappa shape index (κ2) is 8.29. The summed E-state index contributed by atoms with van der Waals surface area (Å²) in [6.07, 6.45) is 0.757. The van der Waals surface area contributed by atoms with Gasteiger partial charge in [-0.15, -0.1) is 0 Å². The average molecular weight is 261 g/mol. The summed E-state index contributed by atoms with van der Waals surface area (Å²) in [4.78, 5) is 34.1. The Hall–Kier alpha value is -1.83. The molecule has 104 valence electrons. The highest BCUT2D eigenvalue weighted by Gasteiger charge is 2.21. The van der Waals surface area contributed by atoms with Crippen molar-refractivity contribution < 1.29 is 24.2 Å². The van der Waals surface area contributed by atoms with Crippen molar-refractivity contribution in [2.45, 2.75) is 18.9 Å². The third kappa shape index (κ3) is 6.69. The molecule has 0 saturated carbocycles. The molecular weight excluding hydrogens is 242 g/mol. The Morgan fingerprint density at radius 1 is 1.44 bits per heavy atom. The fourth-order valence-corrected chi connectivity index (χ4v) is 1.25. The smallest absolute Gasteiger partial charge is 0.326 e. The first kappa shape index (κ1) is 16.2. The molecule has 0 aromatic rings.